The normalized spacial score (nSPS) is 28.0. The summed E-state index contributed by atoms with van der Waals surface area (Å²) < 4.78 is 0. The van der Waals surface area contributed by atoms with E-state index in [0.29, 0.717) is 13.1 Å². The van der Waals surface area contributed by atoms with E-state index < -0.39 is 0 Å². The molecular weight excluding hydrogens is 168 g/mol. The summed E-state index contributed by atoms with van der Waals surface area (Å²) in [7, 11) is 0. The fraction of sp³-hybridized carbons (Fsp3) is 0.875. The Morgan fingerprint density at radius 3 is 2.85 bits per heavy atom. The second-order valence-electron chi connectivity index (χ2n) is 3.50. The first kappa shape index (κ1) is 9.86. The quantitative estimate of drug-likeness (QED) is 0.344. The first-order chi connectivity index (χ1) is 6.15. The lowest BCUT2D eigenvalue weighted by atomic mass is 9.95. The highest BCUT2D eigenvalue weighted by molar-refractivity contribution is 5.73. The Morgan fingerprint density at radius 1 is 1.69 bits per heavy atom. The van der Waals surface area contributed by atoms with Gasteiger partial charge in [-0.3, -0.25) is 4.79 Å². The van der Waals surface area contributed by atoms with Gasteiger partial charge in [-0.05, 0) is 17.9 Å². The van der Waals surface area contributed by atoms with E-state index in [-0.39, 0.29) is 17.9 Å². The summed E-state index contributed by atoms with van der Waals surface area (Å²) in [5, 5.41) is 3.70. The van der Waals surface area contributed by atoms with Crippen LogP contribution in [0.2, 0.25) is 0 Å². The van der Waals surface area contributed by atoms with Gasteiger partial charge in [-0.25, -0.2) is 0 Å². The zero-order valence-electron chi connectivity index (χ0n) is 7.97. The number of amides is 1. The Kier molecular flexibility index (Phi) is 3.14. The Bertz CT molecular complexity index is 247. The number of hydrogen-bond donors (Lipinski definition) is 0. The molecule has 5 nitrogen and oxygen atoms in total. The topological polar surface area (TPSA) is 69.1 Å². The number of hydrogen-bond acceptors (Lipinski definition) is 2. The minimum absolute atomic E-state index is 0.0561. The third-order valence-corrected chi connectivity index (χ3v) is 2.51. The lowest BCUT2D eigenvalue weighted by molar-refractivity contribution is -0.130. The van der Waals surface area contributed by atoms with Gasteiger partial charge in [0.05, 0.1) is 0 Å². The molecular formula is C8H14N4O. The monoisotopic (exact) mass is 182 g/mol. The fourth-order valence-electron chi connectivity index (χ4n) is 1.66. The van der Waals surface area contributed by atoms with Crippen molar-refractivity contribution in [3.8, 4) is 0 Å². The van der Waals surface area contributed by atoms with Gasteiger partial charge >= 0.3 is 0 Å². The van der Waals surface area contributed by atoms with Crippen molar-refractivity contribution in [2.45, 2.75) is 26.3 Å². The summed E-state index contributed by atoms with van der Waals surface area (Å²) in [5.74, 6) is 0.375. The molecule has 0 radical (unpaired) electrons. The molecule has 2 unspecified atom stereocenters. The van der Waals surface area contributed by atoms with Crippen LogP contribution in [0.5, 0.6) is 0 Å². The van der Waals surface area contributed by atoms with Gasteiger partial charge in [0, 0.05) is 31.0 Å². The van der Waals surface area contributed by atoms with Crippen LogP contribution in [0.1, 0.15) is 20.3 Å². The van der Waals surface area contributed by atoms with Crippen molar-refractivity contribution in [3.63, 3.8) is 0 Å². The number of piperidine rings is 1. The standard InChI is InChI=1S/C8H14N4O/c1-6-5-12(7(2)13)4-3-8(6)10-11-9/h6,8H,3-5H2,1-2H3. The van der Waals surface area contributed by atoms with Crippen LogP contribution in [0, 0.1) is 5.92 Å². The molecule has 0 aromatic carbocycles. The maximum atomic E-state index is 11.0. The molecule has 1 rings (SSSR count). The minimum atomic E-state index is 0.0561. The number of carbonyl (C=O) groups is 1. The van der Waals surface area contributed by atoms with Gasteiger partial charge in [0.2, 0.25) is 5.91 Å². The molecule has 13 heavy (non-hydrogen) atoms. The van der Waals surface area contributed by atoms with E-state index in [1.165, 1.54) is 0 Å². The van der Waals surface area contributed by atoms with Gasteiger partial charge in [-0.15, -0.1) is 0 Å². The molecule has 1 aliphatic rings. The molecule has 1 heterocycles. The molecule has 0 bridgehead atoms. The number of rotatable bonds is 1. The number of likely N-dealkylation sites (tertiary alicyclic amines) is 1. The Morgan fingerprint density at radius 2 is 2.38 bits per heavy atom. The number of carbonyl (C=O) groups excluding carboxylic acids is 1. The number of azide groups is 1. The van der Waals surface area contributed by atoms with E-state index in [1.54, 1.807) is 11.8 Å². The summed E-state index contributed by atoms with van der Waals surface area (Å²) in [6, 6.07) is 0.0561. The van der Waals surface area contributed by atoms with E-state index in [1.807, 2.05) is 6.92 Å². The summed E-state index contributed by atoms with van der Waals surface area (Å²) in [6.07, 6.45) is 0.783. The molecule has 0 N–H and O–H groups in total. The summed E-state index contributed by atoms with van der Waals surface area (Å²) >= 11 is 0. The SMILES string of the molecule is CC(=O)N1CCC(N=[N+]=[N-])C(C)C1. The molecule has 5 heteroatoms. The van der Waals surface area contributed by atoms with Crippen LogP contribution in [-0.2, 0) is 4.79 Å². The highest BCUT2D eigenvalue weighted by atomic mass is 16.2. The average Bonchev–Trinajstić information content (AvgIpc) is 2.08. The Balaban J connectivity index is 2.56. The van der Waals surface area contributed by atoms with Crippen molar-refractivity contribution in [2.75, 3.05) is 13.1 Å². The number of nitrogens with zero attached hydrogens (tertiary/aromatic N) is 4. The summed E-state index contributed by atoms with van der Waals surface area (Å²) in [6.45, 7) is 5.00. The average molecular weight is 182 g/mol. The first-order valence-electron chi connectivity index (χ1n) is 4.45. The van der Waals surface area contributed by atoms with Gasteiger partial charge < -0.3 is 4.90 Å². The van der Waals surface area contributed by atoms with Crippen LogP contribution in [0.15, 0.2) is 5.11 Å². The van der Waals surface area contributed by atoms with Crippen LogP contribution in [0.25, 0.3) is 10.4 Å². The van der Waals surface area contributed by atoms with Crippen molar-refractivity contribution >= 4 is 5.91 Å². The highest BCUT2D eigenvalue weighted by Gasteiger charge is 2.25. The van der Waals surface area contributed by atoms with E-state index >= 15 is 0 Å². The Labute approximate surface area is 77.3 Å². The van der Waals surface area contributed by atoms with E-state index in [2.05, 4.69) is 10.0 Å². The van der Waals surface area contributed by atoms with Crippen LogP contribution < -0.4 is 0 Å². The first-order valence-corrected chi connectivity index (χ1v) is 4.45. The van der Waals surface area contributed by atoms with Gasteiger partial charge in [0.1, 0.15) is 0 Å². The lowest BCUT2D eigenvalue weighted by Gasteiger charge is -2.34. The molecule has 0 saturated carbocycles. The van der Waals surface area contributed by atoms with Crippen LogP contribution >= 0.6 is 0 Å². The molecule has 0 spiro atoms. The van der Waals surface area contributed by atoms with Crippen molar-refractivity contribution in [2.24, 2.45) is 11.0 Å². The van der Waals surface area contributed by atoms with Gasteiger partial charge in [0.25, 0.3) is 0 Å². The van der Waals surface area contributed by atoms with Crippen molar-refractivity contribution < 1.29 is 4.79 Å². The molecule has 1 amide bonds. The van der Waals surface area contributed by atoms with E-state index in [0.717, 1.165) is 6.42 Å². The second kappa shape index (κ2) is 4.14. The predicted molar refractivity (Wildman–Crippen MR) is 49.0 cm³/mol. The summed E-state index contributed by atoms with van der Waals surface area (Å²) in [4.78, 5) is 15.6. The maximum absolute atomic E-state index is 11.0. The largest absolute Gasteiger partial charge is 0.343 e. The van der Waals surface area contributed by atoms with Gasteiger partial charge in [-0.2, -0.15) is 0 Å². The molecule has 1 saturated heterocycles. The molecule has 1 fully saturated rings. The highest BCUT2D eigenvalue weighted by Crippen LogP contribution is 2.19. The van der Waals surface area contributed by atoms with Crippen LogP contribution in [0.3, 0.4) is 0 Å². The van der Waals surface area contributed by atoms with E-state index in [4.69, 9.17) is 5.53 Å². The molecule has 1 aliphatic heterocycles. The molecule has 2 atom stereocenters. The molecule has 72 valence electrons. The van der Waals surface area contributed by atoms with Crippen LogP contribution in [-0.4, -0.2) is 29.9 Å². The van der Waals surface area contributed by atoms with Crippen molar-refractivity contribution in [3.05, 3.63) is 10.4 Å². The third kappa shape index (κ3) is 2.36. The van der Waals surface area contributed by atoms with Crippen molar-refractivity contribution in [1.29, 1.82) is 0 Å². The zero-order valence-corrected chi connectivity index (χ0v) is 7.97. The molecule has 0 aromatic rings. The fourth-order valence-corrected chi connectivity index (χ4v) is 1.66. The van der Waals surface area contributed by atoms with Crippen LogP contribution in [0.4, 0.5) is 0 Å². The van der Waals surface area contributed by atoms with E-state index in [9.17, 15) is 4.79 Å². The van der Waals surface area contributed by atoms with Crippen molar-refractivity contribution in [1.82, 2.24) is 4.90 Å². The predicted octanol–water partition coefficient (Wildman–Crippen LogP) is 1.55. The third-order valence-electron chi connectivity index (χ3n) is 2.51. The Hall–Kier alpha value is -1.22. The zero-order chi connectivity index (χ0) is 9.84. The van der Waals surface area contributed by atoms with Gasteiger partial charge in [0.15, 0.2) is 0 Å². The summed E-state index contributed by atoms with van der Waals surface area (Å²) in [5.41, 5.74) is 8.29. The molecule has 0 aromatic heterocycles. The molecule has 0 aliphatic carbocycles. The maximum Gasteiger partial charge on any atom is 0.219 e. The smallest absolute Gasteiger partial charge is 0.219 e. The van der Waals surface area contributed by atoms with Gasteiger partial charge in [-0.1, -0.05) is 12.0 Å². The second-order valence-corrected chi connectivity index (χ2v) is 3.50. The minimum Gasteiger partial charge on any atom is -0.343 e. The lowest BCUT2D eigenvalue weighted by Crippen LogP contribution is -2.43.